The zero-order chi connectivity index (χ0) is 14.8. The molecule has 0 bridgehead atoms. The van der Waals surface area contributed by atoms with Gasteiger partial charge >= 0.3 is 0 Å². The summed E-state index contributed by atoms with van der Waals surface area (Å²) in [6.07, 6.45) is 2.38. The zero-order valence-corrected chi connectivity index (χ0v) is 12.7. The summed E-state index contributed by atoms with van der Waals surface area (Å²) in [6.45, 7) is 0. The molecule has 0 aromatic heterocycles. The fraction of sp³-hybridized carbons (Fsp3) is 0.538. The molecule has 1 N–H and O–H groups in total. The number of nitrogens with one attached hydrogen (secondary N) is 1. The van der Waals surface area contributed by atoms with Crippen LogP contribution in [0.25, 0.3) is 0 Å². The van der Waals surface area contributed by atoms with E-state index in [1.807, 2.05) is 0 Å². The van der Waals surface area contributed by atoms with Crippen molar-refractivity contribution in [3.63, 3.8) is 0 Å². The molecule has 0 amide bonds. The second kappa shape index (κ2) is 6.39. The van der Waals surface area contributed by atoms with Crippen molar-refractivity contribution in [2.45, 2.75) is 37.2 Å². The molecule has 4 nitrogen and oxygen atoms in total. The summed E-state index contributed by atoms with van der Waals surface area (Å²) in [5.41, 5.74) is 0.376. The molecule has 1 aromatic rings. The van der Waals surface area contributed by atoms with Gasteiger partial charge in [0.15, 0.2) is 0 Å². The first-order chi connectivity index (χ1) is 9.39. The van der Waals surface area contributed by atoms with Crippen molar-refractivity contribution in [1.82, 2.24) is 4.72 Å². The predicted octanol–water partition coefficient (Wildman–Crippen LogP) is 2.47. The Bertz CT molecular complexity index is 579. The molecule has 2 rings (SSSR count). The van der Waals surface area contributed by atoms with Crippen LogP contribution in [0, 0.1) is 5.82 Å². The van der Waals surface area contributed by atoms with Crippen LogP contribution in [0.1, 0.15) is 24.8 Å². The van der Waals surface area contributed by atoms with E-state index in [4.69, 9.17) is 16.3 Å². The van der Waals surface area contributed by atoms with Crippen molar-refractivity contribution in [3.05, 3.63) is 34.6 Å². The molecule has 1 saturated carbocycles. The minimum Gasteiger partial charge on any atom is -0.381 e. The van der Waals surface area contributed by atoms with E-state index in [1.165, 1.54) is 12.1 Å². The topological polar surface area (TPSA) is 55.4 Å². The number of rotatable bonds is 5. The summed E-state index contributed by atoms with van der Waals surface area (Å²) in [6, 6.07) is 3.91. The van der Waals surface area contributed by atoms with Crippen molar-refractivity contribution in [1.29, 1.82) is 0 Å². The maximum Gasteiger partial charge on any atom is 0.216 e. The van der Waals surface area contributed by atoms with Crippen LogP contribution in [-0.4, -0.2) is 27.7 Å². The molecular weight excluding hydrogens is 305 g/mol. The van der Waals surface area contributed by atoms with Crippen molar-refractivity contribution >= 4 is 21.6 Å². The Balaban J connectivity index is 1.99. The van der Waals surface area contributed by atoms with Gasteiger partial charge in [0.1, 0.15) is 5.82 Å². The molecule has 1 aromatic carbocycles. The Labute approximate surface area is 123 Å². The van der Waals surface area contributed by atoms with Crippen LogP contribution < -0.4 is 4.72 Å². The molecule has 2 unspecified atom stereocenters. The van der Waals surface area contributed by atoms with E-state index in [0.29, 0.717) is 12.0 Å². The van der Waals surface area contributed by atoms with E-state index in [2.05, 4.69) is 4.72 Å². The Morgan fingerprint density at radius 2 is 2.20 bits per heavy atom. The average molecular weight is 322 g/mol. The summed E-state index contributed by atoms with van der Waals surface area (Å²) in [4.78, 5) is 0. The lowest BCUT2D eigenvalue weighted by molar-refractivity contribution is 0.107. The average Bonchev–Trinajstić information content (AvgIpc) is 2.80. The van der Waals surface area contributed by atoms with E-state index in [-0.39, 0.29) is 22.9 Å². The van der Waals surface area contributed by atoms with E-state index in [1.54, 1.807) is 7.11 Å². The highest BCUT2D eigenvalue weighted by Crippen LogP contribution is 2.23. The maximum absolute atomic E-state index is 13.3. The third-order valence-electron chi connectivity index (χ3n) is 3.40. The number of hydrogen-bond donors (Lipinski definition) is 1. The number of sulfonamides is 1. The smallest absolute Gasteiger partial charge is 0.216 e. The van der Waals surface area contributed by atoms with Gasteiger partial charge in [0, 0.05) is 13.2 Å². The highest BCUT2D eigenvalue weighted by molar-refractivity contribution is 7.88. The molecule has 1 fully saturated rings. The highest BCUT2D eigenvalue weighted by atomic mass is 35.5. The van der Waals surface area contributed by atoms with E-state index >= 15 is 0 Å². The van der Waals surface area contributed by atoms with E-state index < -0.39 is 15.8 Å². The molecule has 7 heteroatoms. The normalized spacial score (nSPS) is 23.1. The lowest BCUT2D eigenvalue weighted by Crippen LogP contribution is -2.34. The Morgan fingerprint density at radius 1 is 1.45 bits per heavy atom. The van der Waals surface area contributed by atoms with Gasteiger partial charge in [-0.1, -0.05) is 17.7 Å². The van der Waals surface area contributed by atoms with Crippen LogP contribution >= 0.6 is 11.6 Å². The second-order valence-corrected chi connectivity index (χ2v) is 7.15. The number of halogens is 2. The fourth-order valence-electron chi connectivity index (χ4n) is 2.41. The summed E-state index contributed by atoms with van der Waals surface area (Å²) in [5.74, 6) is -0.866. The minimum atomic E-state index is -3.49. The lowest BCUT2D eigenvalue weighted by Gasteiger charge is -2.13. The van der Waals surface area contributed by atoms with Crippen LogP contribution in [0.5, 0.6) is 0 Å². The van der Waals surface area contributed by atoms with Gasteiger partial charge in [0.25, 0.3) is 0 Å². The van der Waals surface area contributed by atoms with Crippen molar-refractivity contribution in [3.8, 4) is 0 Å². The summed E-state index contributed by atoms with van der Waals surface area (Å²) in [5, 5.41) is -0.0159. The van der Waals surface area contributed by atoms with E-state index in [9.17, 15) is 12.8 Å². The standard InChI is InChI=1S/C13H17ClFNO3S/c1-19-11-4-3-10(7-11)16-20(17,18)8-9-2-5-12(14)13(15)6-9/h2,5-6,10-11,16H,3-4,7-8H2,1H3. The van der Waals surface area contributed by atoms with Gasteiger partial charge in [-0.25, -0.2) is 17.5 Å². The molecule has 0 saturated heterocycles. The van der Waals surface area contributed by atoms with Crippen molar-refractivity contribution in [2.75, 3.05) is 7.11 Å². The van der Waals surface area contributed by atoms with Gasteiger partial charge in [-0.15, -0.1) is 0 Å². The molecule has 0 aliphatic heterocycles. The van der Waals surface area contributed by atoms with Crippen LogP contribution in [0.4, 0.5) is 4.39 Å². The number of methoxy groups -OCH3 is 1. The van der Waals surface area contributed by atoms with Gasteiger partial charge in [-0.2, -0.15) is 0 Å². The number of ether oxygens (including phenoxy) is 1. The Hall–Kier alpha value is -0.690. The van der Waals surface area contributed by atoms with Gasteiger partial charge in [0.05, 0.1) is 16.9 Å². The minimum absolute atomic E-state index is 0.0159. The summed E-state index contributed by atoms with van der Waals surface area (Å²) >= 11 is 5.57. The molecule has 1 aliphatic carbocycles. The van der Waals surface area contributed by atoms with Crippen LogP contribution in [-0.2, 0) is 20.5 Å². The van der Waals surface area contributed by atoms with Gasteiger partial charge in [-0.3, -0.25) is 0 Å². The largest absolute Gasteiger partial charge is 0.381 e. The van der Waals surface area contributed by atoms with Gasteiger partial charge in [-0.05, 0) is 37.0 Å². The van der Waals surface area contributed by atoms with Crippen molar-refractivity contribution in [2.24, 2.45) is 0 Å². The zero-order valence-electron chi connectivity index (χ0n) is 11.1. The maximum atomic E-state index is 13.3. The molecule has 0 radical (unpaired) electrons. The first-order valence-corrected chi connectivity index (χ1v) is 8.39. The first kappa shape index (κ1) is 15.7. The summed E-state index contributed by atoms with van der Waals surface area (Å²) < 4.78 is 45.2. The molecule has 0 heterocycles. The molecule has 20 heavy (non-hydrogen) atoms. The van der Waals surface area contributed by atoms with E-state index in [0.717, 1.165) is 18.9 Å². The third kappa shape index (κ3) is 4.15. The molecule has 112 valence electrons. The quantitative estimate of drug-likeness (QED) is 0.906. The van der Waals surface area contributed by atoms with Gasteiger partial charge in [0.2, 0.25) is 10.0 Å². The van der Waals surface area contributed by atoms with Crippen LogP contribution in [0.2, 0.25) is 5.02 Å². The van der Waals surface area contributed by atoms with Gasteiger partial charge < -0.3 is 4.74 Å². The predicted molar refractivity (Wildman–Crippen MR) is 75.6 cm³/mol. The molecule has 0 spiro atoms. The fourth-order valence-corrected chi connectivity index (χ4v) is 3.95. The van der Waals surface area contributed by atoms with Crippen LogP contribution in [0.15, 0.2) is 18.2 Å². The lowest BCUT2D eigenvalue weighted by atomic mass is 10.2. The van der Waals surface area contributed by atoms with Crippen molar-refractivity contribution < 1.29 is 17.5 Å². The molecule has 2 atom stereocenters. The first-order valence-electron chi connectivity index (χ1n) is 6.36. The third-order valence-corrected chi connectivity index (χ3v) is 5.12. The highest BCUT2D eigenvalue weighted by Gasteiger charge is 2.28. The monoisotopic (exact) mass is 321 g/mol. The second-order valence-electron chi connectivity index (χ2n) is 4.99. The number of benzene rings is 1. The summed E-state index contributed by atoms with van der Waals surface area (Å²) in [7, 11) is -1.87. The number of hydrogen-bond acceptors (Lipinski definition) is 3. The molecular formula is C13H17ClFNO3S. The Kier molecular flexibility index (Phi) is 5.01. The Morgan fingerprint density at radius 3 is 2.80 bits per heavy atom. The molecule has 1 aliphatic rings. The SMILES string of the molecule is COC1CCC(NS(=O)(=O)Cc2ccc(Cl)c(F)c2)C1. The van der Waals surface area contributed by atoms with Crippen LogP contribution in [0.3, 0.4) is 0 Å².